The van der Waals surface area contributed by atoms with Crippen LogP contribution < -0.4 is 15.0 Å². The molecule has 0 saturated carbocycles. The number of hydrogen-bond donors (Lipinski definition) is 1. The van der Waals surface area contributed by atoms with Gasteiger partial charge in [0.05, 0.1) is 12.6 Å². The van der Waals surface area contributed by atoms with Crippen LogP contribution in [0.5, 0.6) is 5.75 Å². The number of hydrogen-bond acceptors (Lipinski definition) is 5. The number of piperidine rings is 1. The lowest BCUT2D eigenvalue weighted by atomic mass is 10.0. The molecule has 6 heteroatoms. The second-order valence-electron chi connectivity index (χ2n) is 5.33. The maximum Gasteiger partial charge on any atom is 0.271 e. The summed E-state index contributed by atoms with van der Waals surface area (Å²) in [6, 6.07) is 8.19. The van der Waals surface area contributed by atoms with Crippen molar-refractivity contribution >= 4 is 22.9 Å². The lowest BCUT2D eigenvalue weighted by Gasteiger charge is -2.34. The highest BCUT2D eigenvalue weighted by Crippen LogP contribution is 2.24. The van der Waals surface area contributed by atoms with Crippen LogP contribution in [0.15, 0.2) is 35.2 Å². The van der Waals surface area contributed by atoms with E-state index in [1.807, 2.05) is 18.2 Å². The average Bonchev–Trinajstić information content (AvgIpc) is 3.10. The SMILES string of the molecule is COc1cccc(N2CCCC(NC(=O)c3cscn3)C2)c1. The van der Waals surface area contributed by atoms with Gasteiger partial charge in [0.1, 0.15) is 11.4 Å². The smallest absolute Gasteiger partial charge is 0.271 e. The molecule has 2 aromatic rings. The van der Waals surface area contributed by atoms with Crippen molar-refractivity contribution in [2.75, 3.05) is 25.1 Å². The van der Waals surface area contributed by atoms with E-state index in [1.54, 1.807) is 18.0 Å². The first-order valence-corrected chi connectivity index (χ1v) is 8.28. The molecule has 1 unspecified atom stereocenters. The van der Waals surface area contributed by atoms with Crippen LogP contribution >= 0.6 is 11.3 Å². The van der Waals surface area contributed by atoms with E-state index in [0.717, 1.165) is 37.4 Å². The Bertz CT molecular complexity index is 630. The molecular weight excluding hydrogens is 298 g/mol. The molecule has 1 N–H and O–H groups in total. The Morgan fingerprint density at radius 3 is 3.18 bits per heavy atom. The Morgan fingerprint density at radius 2 is 2.41 bits per heavy atom. The third-order valence-electron chi connectivity index (χ3n) is 3.84. The van der Waals surface area contributed by atoms with Crippen molar-refractivity contribution < 1.29 is 9.53 Å². The zero-order valence-electron chi connectivity index (χ0n) is 12.5. The van der Waals surface area contributed by atoms with Gasteiger partial charge in [-0.3, -0.25) is 4.79 Å². The van der Waals surface area contributed by atoms with Crippen molar-refractivity contribution in [3.05, 3.63) is 40.8 Å². The minimum absolute atomic E-state index is 0.0845. The first-order valence-electron chi connectivity index (χ1n) is 7.34. The standard InChI is InChI=1S/C16H19N3O2S/c1-21-14-6-2-5-13(8-14)19-7-3-4-12(9-19)18-16(20)15-10-22-11-17-15/h2,5-6,8,10-12H,3-4,7,9H2,1H3,(H,18,20). The van der Waals surface area contributed by atoms with Gasteiger partial charge in [-0.2, -0.15) is 0 Å². The number of carbonyl (C=O) groups excluding carboxylic acids is 1. The summed E-state index contributed by atoms with van der Waals surface area (Å²) in [5.74, 6) is 0.768. The predicted octanol–water partition coefficient (Wildman–Crippen LogP) is 2.55. The molecule has 116 valence electrons. The van der Waals surface area contributed by atoms with Gasteiger partial charge in [-0.25, -0.2) is 4.98 Å². The van der Waals surface area contributed by atoms with Gasteiger partial charge in [-0.1, -0.05) is 6.07 Å². The number of amides is 1. The first-order chi connectivity index (χ1) is 10.8. The molecule has 2 heterocycles. The molecule has 1 amide bonds. The topological polar surface area (TPSA) is 54.5 Å². The second-order valence-corrected chi connectivity index (χ2v) is 6.05. The predicted molar refractivity (Wildman–Crippen MR) is 87.8 cm³/mol. The molecule has 0 radical (unpaired) electrons. The molecule has 0 bridgehead atoms. The Kier molecular flexibility index (Phi) is 4.58. The number of aromatic nitrogens is 1. The number of carbonyl (C=O) groups is 1. The van der Waals surface area contributed by atoms with Crippen molar-refractivity contribution in [3.63, 3.8) is 0 Å². The Balaban J connectivity index is 1.65. The van der Waals surface area contributed by atoms with Gasteiger partial charge in [0.15, 0.2) is 0 Å². The van der Waals surface area contributed by atoms with Crippen molar-refractivity contribution in [2.24, 2.45) is 0 Å². The summed E-state index contributed by atoms with van der Waals surface area (Å²) in [6.45, 7) is 1.80. The van der Waals surface area contributed by atoms with Gasteiger partial charge in [0.2, 0.25) is 0 Å². The van der Waals surface area contributed by atoms with Crippen LogP contribution in [-0.2, 0) is 0 Å². The average molecular weight is 317 g/mol. The second kappa shape index (κ2) is 6.79. The van der Waals surface area contributed by atoms with Crippen LogP contribution in [0.1, 0.15) is 23.3 Å². The molecule has 1 aromatic carbocycles. The summed E-state index contributed by atoms with van der Waals surface area (Å²) in [5, 5.41) is 4.86. The number of rotatable bonds is 4. The van der Waals surface area contributed by atoms with Crippen LogP contribution in [-0.4, -0.2) is 37.1 Å². The van der Waals surface area contributed by atoms with Crippen molar-refractivity contribution in [3.8, 4) is 5.75 Å². The highest BCUT2D eigenvalue weighted by Gasteiger charge is 2.22. The zero-order chi connectivity index (χ0) is 15.4. The number of anilines is 1. The van der Waals surface area contributed by atoms with Crippen LogP contribution in [0.2, 0.25) is 0 Å². The van der Waals surface area contributed by atoms with Crippen molar-refractivity contribution in [1.82, 2.24) is 10.3 Å². The van der Waals surface area contributed by atoms with Gasteiger partial charge >= 0.3 is 0 Å². The highest BCUT2D eigenvalue weighted by atomic mass is 32.1. The van der Waals surface area contributed by atoms with Crippen molar-refractivity contribution in [2.45, 2.75) is 18.9 Å². The van der Waals surface area contributed by atoms with Crippen LogP contribution in [0.4, 0.5) is 5.69 Å². The largest absolute Gasteiger partial charge is 0.497 e. The minimum atomic E-state index is -0.0845. The molecular formula is C16H19N3O2S. The molecule has 1 saturated heterocycles. The van der Waals surface area contributed by atoms with Gasteiger partial charge in [0, 0.05) is 36.3 Å². The number of nitrogens with one attached hydrogen (secondary N) is 1. The van der Waals surface area contributed by atoms with Gasteiger partial charge in [-0.15, -0.1) is 11.3 Å². The number of methoxy groups -OCH3 is 1. The normalized spacial score (nSPS) is 18.0. The molecule has 3 rings (SSSR count). The monoisotopic (exact) mass is 317 g/mol. The first kappa shape index (κ1) is 14.8. The van der Waals surface area contributed by atoms with E-state index in [0.29, 0.717) is 5.69 Å². The molecule has 1 aromatic heterocycles. The minimum Gasteiger partial charge on any atom is -0.497 e. The van der Waals surface area contributed by atoms with Crippen LogP contribution in [0, 0.1) is 0 Å². The van der Waals surface area contributed by atoms with Gasteiger partial charge in [0.25, 0.3) is 5.91 Å². The Labute approximate surface area is 133 Å². The number of thiazole rings is 1. The zero-order valence-corrected chi connectivity index (χ0v) is 13.3. The molecule has 1 aliphatic rings. The molecule has 0 spiro atoms. The summed E-state index contributed by atoms with van der Waals surface area (Å²) < 4.78 is 5.28. The maximum absolute atomic E-state index is 12.1. The van der Waals surface area contributed by atoms with E-state index in [-0.39, 0.29) is 11.9 Å². The lowest BCUT2D eigenvalue weighted by molar-refractivity contribution is 0.0929. The van der Waals surface area contributed by atoms with E-state index >= 15 is 0 Å². The molecule has 1 fully saturated rings. The van der Waals surface area contributed by atoms with E-state index < -0.39 is 0 Å². The number of ether oxygens (including phenoxy) is 1. The van der Waals surface area contributed by atoms with Gasteiger partial charge in [-0.05, 0) is 25.0 Å². The van der Waals surface area contributed by atoms with Crippen molar-refractivity contribution in [1.29, 1.82) is 0 Å². The van der Waals surface area contributed by atoms with E-state index in [2.05, 4.69) is 21.3 Å². The molecule has 0 aliphatic carbocycles. The summed E-state index contributed by atoms with van der Waals surface area (Å²) in [4.78, 5) is 18.5. The molecule has 5 nitrogen and oxygen atoms in total. The van der Waals surface area contributed by atoms with E-state index in [1.165, 1.54) is 11.3 Å². The summed E-state index contributed by atoms with van der Waals surface area (Å²) >= 11 is 1.44. The molecule has 22 heavy (non-hydrogen) atoms. The fourth-order valence-electron chi connectivity index (χ4n) is 2.72. The lowest BCUT2D eigenvalue weighted by Crippen LogP contribution is -2.47. The third-order valence-corrected chi connectivity index (χ3v) is 4.43. The number of benzene rings is 1. The van der Waals surface area contributed by atoms with E-state index in [9.17, 15) is 4.79 Å². The fourth-order valence-corrected chi connectivity index (χ4v) is 3.25. The molecule has 1 atom stereocenters. The van der Waals surface area contributed by atoms with E-state index in [4.69, 9.17) is 4.74 Å². The van der Waals surface area contributed by atoms with Crippen LogP contribution in [0.25, 0.3) is 0 Å². The summed E-state index contributed by atoms with van der Waals surface area (Å²) in [7, 11) is 1.67. The van der Waals surface area contributed by atoms with Crippen LogP contribution in [0.3, 0.4) is 0 Å². The summed E-state index contributed by atoms with van der Waals surface area (Å²) in [6.07, 6.45) is 2.05. The molecule has 1 aliphatic heterocycles. The third kappa shape index (κ3) is 3.39. The highest BCUT2D eigenvalue weighted by molar-refractivity contribution is 7.07. The summed E-state index contributed by atoms with van der Waals surface area (Å²) in [5.41, 5.74) is 3.31. The quantitative estimate of drug-likeness (QED) is 0.941. The fraction of sp³-hybridized carbons (Fsp3) is 0.375. The maximum atomic E-state index is 12.1. The van der Waals surface area contributed by atoms with Gasteiger partial charge < -0.3 is 15.0 Å². The Morgan fingerprint density at radius 1 is 1.50 bits per heavy atom. The number of nitrogens with zero attached hydrogens (tertiary/aromatic N) is 2. The Hall–Kier alpha value is -2.08.